The van der Waals surface area contributed by atoms with Crippen LogP contribution in [-0.2, 0) is 16.0 Å². The number of rotatable bonds is 8. The number of carbonyl (C=O) groups is 2. The summed E-state index contributed by atoms with van der Waals surface area (Å²) in [6.07, 6.45) is 1.80. The van der Waals surface area contributed by atoms with Gasteiger partial charge in [0, 0.05) is 6.54 Å². The Bertz CT molecular complexity index is 461. The van der Waals surface area contributed by atoms with Crippen molar-refractivity contribution in [1.82, 2.24) is 10.6 Å². The molecule has 2 amide bonds. The maximum absolute atomic E-state index is 11.4. The first-order chi connectivity index (χ1) is 10.0. The first-order valence-corrected chi connectivity index (χ1v) is 7.35. The Kier molecular flexibility index (Phi) is 10.2. The van der Waals surface area contributed by atoms with Crippen LogP contribution in [0.5, 0.6) is 0 Å². The second kappa shape index (κ2) is 11.0. The van der Waals surface area contributed by atoms with E-state index in [4.69, 9.17) is 5.73 Å². The highest BCUT2D eigenvalue weighted by molar-refractivity contribution is 5.85. The zero-order chi connectivity index (χ0) is 15.7. The van der Waals surface area contributed by atoms with Crippen molar-refractivity contribution in [2.75, 3.05) is 19.6 Å². The van der Waals surface area contributed by atoms with Crippen LogP contribution in [0.3, 0.4) is 0 Å². The van der Waals surface area contributed by atoms with Crippen molar-refractivity contribution in [2.24, 2.45) is 5.73 Å². The van der Waals surface area contributed by atoms with E-state index in [-0.39, 0.29) is 37.3 Å². The number of aryl methyl sites for hydroxylation is 1. The maximum Gasteiger partial charge on any atom is 0.239 e. The molecule has 22 heavy (non-hydrogen) atoms. The number of benzene rings is 1. The number of nitrogens with two attached hydrogens (primary N) is 1. The van der Waals surface area contributed by atoms with Gasteiger partial charge in [0.2, 0.25) is 11.8 Å². The number of hydrogen-bond acceptors (Lipinski definition) is 3. The van der Waals surface area contributed by atoms with Gasteiger partial charge in [-0.05, 0) is 29.9 Å². The van der Waals surface area contributed by atoms with Gasteiger partial charge in [0.25, 0.3) is 0 Å². The molecule has 0 bridgehead atoms. The Labute approximate surface area is 138 Å². The highest BCUT2D eigenvalue weighted by atomic mass is 35.5. The van der Waals surface area contributed by atoms with Crippen molar-refractivity contribution in [3.05, 3.63) is 35.4 Å². The summed E-state index contributed by atoms with van der Waals surface area (Å²) in [4.78, 5) is 22.3. The van der Waals surface area contributed by atoms with E-state index in [9.17, 15) is 9.59 Å². The third-order valence-electron chi connectivity index (χ3n) is 3.24. The van der Waals surface area contributed by atoms with Gasteiger partial charge in [0.05, 0.1) is 13.1 Å². The van der Waals surface area contributed by atoms with Gasteiger partial charge in [0.15, 0.2) is 0 Å². The maximum atomic E-state index is 11.4. The molecule has 124 valence electrons. The van der Waals surface area contributed by atoms with Crippen molar-refractivity contribution in [2.45, 2.75) is 32.6 Å². The molecule has 6 heteroatoms. The molecule has 0 atom stereocenters. The van der Waals surface area contributed by atoms with Crippen molar-refractivity contribution in [3.8, 4) is 0 Å². The fourth-order valence-corrected chi connectivity index (χ4v) is 1.90. The molecule has 0 saturated heterocycles. The van der Waals surface area contributed by atoms with Crippen molar-refractivity contribution in [3.63, 3.8) is 0 Å². The third-order valence-corrected chi connectivity index (χ3v) is 3.24. The van der Waals surface area contributed by atoms with Crippen LogP contribution in [0.2, 0.25) is 0 Å². The number of halogens is 1. The Morgan fingerprint density at radius 3 is 2.27 bits per heavy atom. The number of amides is 2. The average molecular weight is 328 g/mol. The Morgan fingerprint density at radius 1 is 1.09 bits per heavy atom. The second-order valence-corrected chi connectivity index (χ2v) is 5.33. The van der Waals surface area contributed by atoms with E-state index < -0.39 is 0 Å². The van der Waals surface area contributed by atoms with Crippen molar-refractivity contribution >= 4 is 24.2 Å². The summed E-state index contributed by atoms with van der Waals surface area (Å²) in [6.45, 7) is 4.84. The SMILES string of the molecule is CC(C)c1ccc(CCCNC(=O)CNC(=O)CN)cc1.Cl. The van der Waals surface area contributed by atoms with Gasteiger partial charge in [-0.25, -0.2) is 0 Å². The molecule has 0 aromatic heterocycles. The second-order valence-electron chi connectivity index (χ2n) is 5.33. The van der Waals surface area contributed by atoms with Crippen LogP contribution in [0, 0.1) is 0 Å². The molecule has 1 aromatic carbocycles. The zero-order valence-electron chi connectivity index (χ0n) is 13.2. The van der Waals surface area contributed by atoms with Gasteiger partial charge >= 0.3 is 0 Å². The minimum absolute atomic E-state index is 0. The highest BCUT2D eigenvalue weighted by Crippen LogP contribution is 2.15. The van der Waals surface area contributed by atoms with Gasteiger partial charge in [-0.1, -0.05) is 38.1 Å². The topological polar surface area (TPSA) is 84.2 Å². The predicted molar refractivity (Wildman–Crippen MR) is 91.2 cm³/mol. The first kappa shape index (κ1) is 20.4. The molecular formula is C16H26ClN3O2. The standard InChI is InChI=1S/C16H25N3O2.ClH/c1-12(2)14-7-5-13(6-8-14)4-3-9-18-16(21)11-19-15(20)10-17;/h5-8,12H,3-4,9-11,17H2,1-2H3,(H,18,21)(H,19,20);1H. The van der Waals surface area contributed by atoms with E-state index in [0.29, 0.717) is 12.5 Å². The monoisotopic (exact) mass is 327 g/mol. The molecule has 0 aliphatic heterocycles. The van der Waals surface area contributed by atoms with E-state index in [1.54, 1.807) is 0 Å². The van der Waals surface area contributed by atoms with E-state index in [1.165, 1.54) is 11.1 Å². The molecule has 0 saturated carbocycles. The van der Waals surface area contributed by atoms with E-state index >= 15 is 0 Å². The van der Waals surface area contributed by atoms with E-state index in [2.05, 4.69) is 48.7 Å². The van der Waals surface area contributed by atoms with Gasteiger partial charge in [-0.3, -0.25) is 9.59 Å². The lowest BCUT2D eigenvalue weighted by Gasteiger charge is -2.08. The average Bonchev–Trinajstić information content (AvgIpc) is 2.49. The summed E-state index contributed by atoms with van der Waals surface area (Å²) in [6, 6.07) is 8.58. The molecule has 0 radical (unpaired) electrons. The summed E-state index contributed by atoms with van der Waals surface area (Å²) in [5, 5.41) is 5.20. The molecule has 0 aliphatic carbocycles. The number of nitrogens with one attached hydrogen (secondary N) is 2. The molecule has 5 nitrogen and oxygen atoms in total. The number of hydrogen-bond donors (Lipinski definition) is 3. The molecule has 1 rings (SSSR count). The van der Waals surface area contributed by atoms with Crippen LogP contribution in [0.25, 0.3) is 0 Å². The molecule has 4 N–H and O–H groups in total. The lowest BCUT2D eigenvalue weighted by molar-refractivity contribution is -0.125. The van der Waals surface area contributed by atoms with Crippen LogP contribution >= 0.6 is 12.4 Å². The van der Waals surface area contributed by atoms with Crippen LogP contribution in [0.4, 0.5) is 0 Å². The number of carbonyl (C=O) groups excluding carboxylic acids is 2. The minimum Gasteiger partial charge on any atom is -0.355 e. The lowest BCUT2D eigenvalue weighted by Crippen LogP contribution is -2.39. The summed E-state index contributed by atoms with van der Waals surface area (Å²) < 4.78 is 0. The van der Waals surface area contributed by atoms with Gasteiger partial charge in [0.1, 0.15) is 0 Å². The van der Waals surface area contributed by atoms with Crippen molar-refractivity contribution < 1.29 is 9.59 Å². The molecule has 1 aromatic rings. The molecule has 0 heterocycles. The van der Waals surface area contributed by atoms with E-state index in [0.717, 1.165) is 12.8 Å². The van der Waals surface area contributed by atoms with Crippen molar-refractivity contribution in [1.29, 1.82) is 0 Å². The molecule has 0 fully saturated rings. The van der Waals surface area contributed by atoms with Crippen LogP contribution in [0.15, 0.2) is 24.3 Å². The summed E-state index contributed by atoms with van der Waals surface area (Å²) >= 11 is 0. The molecular weight excluding hydrogens is 302 g/mol. The Hall–Kier alpha value is -1.59. The summed E-state index contributed by atoms with van der Waals surface area (Å²) in [5.74, 6) is 0.0319. The van der Waals surface area contributed by atoms with Gasteiger partial charge in [-0.2, -0.15) is 0 Å². The predicted octanol–water partition coefficient (Wildman–Crippen LogP) is 1.36. The normalized spacial score (nSPS) is 10.0. The van der Waals surface area contributed by atoms with Crippen LogP contribution < -0.4 is 16.4 Å². The minimum atomic E-state index is -0.324. The van der Waals surface area contributed by atoms with E-state index in [1.807, 2.05) is 0 Å². The lowest BCUT2D eigenvalue weighted by atomic mass is 10.0. The molecule has 0 unspecified atom stereocenters. The zero-order valence-corrected chi connectivity index (χ0v) is 14.0. The fraction of sp³-hybridized carbons (Fsp3) is 0.500. The van der Waals surface area contributed by atoms with Crippen LogP contribution in [-0.4, -0.2) is 31.4 Å². The summed E-state index contributed by atoms with van der Waals surface area (Å²) in [5.41, 5.74) is 7.73. The van der Waals surface area contributed by atoms with Crippen LogP contribution in [0.1, 0.15) is 37.3 Å². The molecule has 0 aliphatic rings. The highest BCUT2D eigenvalue weighted by Gasteiger charge is 2.03. The largest absolute Gasteiger partial charge is 0.355 e. The summed E-state index contributed by atoms with van der Waals surface area (Å²) in [7, 11) is 0. The molecule has 0 spiro atoms. The van der Waals surface area contributed by atoms with Gasteiger partial charge < -0.3 is 16.4 Å². The van der Waals surface area contributed by atoms with Gasteiger partial charge in [-0.15, -0.1) is 12.4 Å². The quantitative estimate of drug-likeness (QED) is 0.630. The Balaban J connectivity index is 0.00000441. The first-order valence-electron chi connectivity index (χ1n) is 7.35. The smallest absolute Gasteiger partial charge is 0.239 e. The Morgan fingerprint density at radius 2 is 1.73 bits per heavy atom. The fourth-order valence-electron chi connectivity index (χ4n) is 1.90. The third kappa shape index (κ3) is 8.00.